The monoisotopic (exact) mass is 146 g/mol. The summed E-state index contributed by atoms with van der Waals surface area (Å²) in [6.45, 7) is 7.72. The molecule has 0 nitrogen and oxygen atoms in total. The second-order valence-electron chi connectivity index (χ2n) is 0.880. The van der Waals surface area contributed by atoms with E-state index in [-0.39, 0.29) is 0 Å². The first-order chi connectivity index (χ1) is 3.89. The first-order valence-corrected chi connectivity index (χ1v) is 4.33. The maximum absolute atomic E-state index is 3.72. The third kappa shape index (κ3) is 3.22. The normalized spacial score (nSPS) is 15.5. The summed E-state index contributed by atoms with van der Waals surface area (Å²) >= 11 is 3.37. The topological polar surface area (TPSA) is 0 Å². The van der Waals surface area contributed by atoms with Gasteiger partial charge in [-0.05, 0) is 10.8 Å². The first kappa shape index (κ1) is 8.18. The fourth-order valence-corrected chi connectivity index (χ4v) is 1.54. The molecule has 0 saturated heterocycles. The molecule has 1 rings (SSSR count). The van der Waals surface area contributed by atoms with Crippen LogP contribution in [-0.2, 0) is 0 Å². The molecule has 0 bridgehead atoms. The molecule has 0 fully saturated rings. The molecular formula is C6H10S2. The minimum atomic E-state index is 1.18. The van der Waals surface area contributed by atoms with Crippen molar-refractivity contribution in [2.75, 3.05) is 0 Å². The van der Waals surface area contributed by atoms with Crippen LogP contribution in [0, 0.1) is 0 Å². The van der Waals surface area contributed by atoms with E-state index < -0.39 is 0 Å². The quantitative estimate of drug-likeness (QED) is 0.513. The Kier molecular flexibility index (Phi) is 5.44. The lowest BCUT2D eigenvalue weighted by atomic mass is 11.0. The zero-order chi connectivity index (χ0) is 6.41. The van der Waals surface area contributed by atoms with Gasteiger partial charge in [0.15, 0.2) is 0 Å². The predicted octanol–water partition coefficient (Wildman–Crippen LogP) is 3.44. The van der Waals surface area contributed by atoms with Gasteiger partial charge in [0.05, 0.1) is 0 Å². The fourth-order valence-electron chi connectivity index (χ4n) is 0.235. The maximum atomic E-state index is 3.72. The highest BCUT2D eigenvalue weighted by molar-refractivity contribution is 8.27. The summed E-state index contributed by atoms with van der Waals surface area (Å²) in [6, 6.07) is 0. The molecule has 46 valence electrons. The van der Waals surface area contributed by atoms with Crippen molar-refractivity contribution in [1.29, 1.82) is 0 Å². The highest BCUT2D eigenvalue weighted by atomic mass is 32.2. The van der Waals surface area contributed by atoms with Crippen LogP contribution in [-0.4, -0.2) is 0 Å². The van der Waals surface area contributed by atoms with Gasteiger partial charge in [-0.2, -0.15) is 0 Å². The molecular weight excluding hydrogens is 136 g/mol. The number of hydrogen-bond donors (Lipinski definition) is 0. The molecule has 0 saturated carbocycles. The van der Waals surface area contributed by atoms with Gasteiger partial charge in [0.1, 0.15) is 0 Å². The fraction of sp³-hybridized carbons (Fsp3) is 0.333. The summed E-state index contributed by atoms with van der Waals surface area (Å²) in [5.41, 5.74) is 0. The van der Waals surface area contributed by atoms with Crippen LogP contribution in [0.5, 0.6) is 0 Å². The van der Waals surface area contributed by atoms with Crippen molar-refractivity contribution in [1.82, 2.24) is 0 Å². The number of thioether (sulfide) groups is 2. The van der Waals surface area contributed by atoms with Crippen LogP contribution in [0.4, 0.5) is 0 Å². The lowest BCUT2D eigenvalue weighted by Gasteiger charge is -1.79. The second kappa shape index (κ2) is 5.32. The van der Waals surface area contributed by atoms with E-state index in [1.165, 1.54) is 4.24 Å². The third-order valence-corrected chi connectivity index (χ3v) is 2.27. The molecule has 1 aliphatic rings. The van der Waals surface area contributed by atoms with Gasteiger partial charge in [-0.15, -0.1) is 0 Å². The van der Waals surface area contributed by atoms with E-state index in [1.54, 1.807) is 23.5 Å². The molecule has 0 aromatic rings. The standard InChI is InChI=1S/C4H4S2.C2H6/c1-4-5-2-3-6-4;1-2/h2-3H,1H2;1-2H3. The van der Waals surface area contributed by atoms with Gasteiger partial charge in [-0.25, -0.2) is 0 Å². The molecule has 0 unspecified atom stereocenters. The molecule has 1 aliphatic heterocycles. The molecule has 0 N–H and O–H groups in total. The van der Waals surface area contributed by atoms with E-state index in [2.05, 4.69) is 6.58 Å². The summed E-state index contributed by atoms with van der Waals surface area (Å²) in [4.78, 5) is 0. The lowest BCUT2D eigenvalue weighted by molar-refractivity contribution is 1.50. The van der Waals surface area contributed by atoms with Crippen molar-refractivity contribution < 1.29 is 0 Å². The van der Waals surface area contributed by atoms with Crippen LogP contribution in [0.3, 0.4) is 0 Å². The first-order valence-electron chi connectivity index (χ1n) is 2.57. The Morgan fingerprint density at radius 3 is 1.75 bits per heavy atom. The highest BCUT2D eigenvalue weighted by Crippen LogP contribution is 2.35. The van der Waals surface area contributed by atoms with Gasteiger partial charge in [-0.3, -0.25) is 0 Å². The van der Waals surface area contributed by atoms with Crippen LogP contribution >= 0.6 is 23.5 Å². The van der Waals surface area contributed by atoms with E-state index in [1.807, 2.05) is 24.7 Å². The molecule has 0 aliphatic carbocycles. The summed E-state index contributed by atoms with van der Waals surface area (Å²) in [5.74, 6) is 0. The molecule has 2 heteroatoms. The molecule has 8 heavy (non-hydrogen) atoms. The molecule has 0 amide bonds. The Hall–Kier alpha value is 0.180. The van der Waals surface area contributed by atoms with Gasteiger partial charge in [-0.1, -0.05) is 44.0 Å². The van der Waals surface area contributed by atoms with Gasteiger partial charge < -0.3 is 0 Å². The van der Waals surface area contributed by atoms with Crippen LogP contribution < -0.4 is 0 Å². The van der Waals surface area contributed by atoms with Crippen molar-refractivity contribution >= 4 is 23.5 Å². The van der Waals surface area contributed by atoms with Crippen LogP contribution in [0.15, 0.2) is 21.6 Å². The summed E-state index contributed by atoms with van der Waals surface area (Å²) in [7, 11) is 0. The number of hydrogen-bond acceptors (Lipinski definition) is 2. The van der Waals surface area contributed by atoms with Crippen molar-refractivity contribution in [3.8, 4) is 0 Å². The smallest absolute Gasteiger partial charge is 0.0415 e. The van der Waals surface area contributed by atoms with Gasteiger partial charge >= 0.3 is 0 Å². The van der Waals surface area contributed by atoms with E-state index in [0.717, 1.165) is 0 Å². The Balaban J connectivity index is 0.000000222. The maximum Gasteiger partial charge on any atom is 0.0415 e. The molecule has 0 spiro atoms. The summed E-state index contributed by atoms with van der Waals surface area (Å²) < 4.78 is 1.18. The third-order valence-electron chi connectivity index (χ3n) is 0.455. The van der Waals surface area contributed by atoms with Crippen molar-refractivity contribution in [2.24, 2.45) is 0 Å². The average Bonchev–Trinajstić information content (AvgIpc) is 2.24. The molecule has 0 atom stereocenters. The Morgan fingerprint density at radius 2 is 1.62 bits per heavy atom. The van der Waals surface area contributed by atoms with Gasteiger partial charge in [0, 0.05) is 4.24 Å². The molecule has 0 aromatic carbocycles. The van der Waals surface area contributed by atoms with Gasteiger partial charge in [0.2, 0.25) is 0 Å². The minimum Gasteiger partial charge on any atom is -0.0908 e. The number of rotatable bonds is 0. The SMILES string of the molecule is C=C1SC=CS1.CC. The summed E-state index contributed by atoms with van der Waals surface area (Å²) in [5, 5.41) is 4.07. The minimum absolute atomic E-state index is 1.18. The molecule has 1 heterocycles. The predicted molar refractivity (Wildman–Crippen MR) is 44.8 cm³/mol. The lowest BCUT2D eigenvalue weighted by Crippen LogP contribution is -1.40. The Labute approximate surface area is 59.4 Å². The molecule has 0 radical (unpaired) electrons. The van der Waals surface area contributed by atoms with Crippen molar-refractivity contribution in [2.45, 2.75) is 13.8 Å². The highest BCUT2D eigenvalue weighted by Gasteiger charge is 1.93. The van der Waals surface area contributed by atoms with Crippen LogP contribution in [0.25, 0.3) is 0 Å². The van der Waals surface area contributed by atoms with Gasteiger partial charge in [0.25, 0.3) is 0 Å². The van der Waals surface area contributed by atoms with Crippen LogP contribution in [0.2, 0.25) is 0 Å². The van der Waals surface area contributed by atoms with Crippen LogP contribution in [0.1, 0.15) is 13.8 Å². The van der Waals surface area contributed by atoms with Crippen molar-refractivity contribution in [3.05, 3.63) is 21.6 Å². The zero-order valence-electron chi connectivity index (χ0n) is 5.18. The van der Waals surface area contributed by atoms with Crippen molar-refractivity contribution in [3.63, 3.8) is 0 Å². The molecule has 0 aromatic heterocycles. The Bertz CT molecular complexity index is 84.7. The average molecular weight is 146 g/mol. The van der Waals surface area contributed by atoms with E-state index in [0.29, 0.717) is 0 Å². The zero-order valence-corrected chi connectivity index (χ0v) is 6.81. The second-order valence-corrected chi connectivity index (χ2v) is 3.14. The summed E-state index contributed by atoms with van der Waals surface area (Å²) in [6.07, 6.45) is 0. The van der Waals surface area contributed by atoms with E-state index in [9.17, 15) is 0 Å². The van der Waals surface area contributed by atoms with E-state index in [4.69, 9.17) is 0 Å². The largest absolute Gasteiger partial charge is 0.0908 e. The van der Waals surface area contributed by atoms with E-state index >= 15 is 0 Å². The Morgan fingerprint density at radius 1 is 1.25 bits per heavy atom.